The summed E-state index contributed by atoms with van der Waals surface area (Å²) >= 11 is 0. The molecule has 0 unspecified atom stereocenters. The molecule has 0 radical (unpaired) electrons. The van der Waals surface area contributed by atoms with Gasteiger partial charge in [0.2, 0.25) is 0 Å². The molecule has 3 N–H and O–H groups in total. The minimum Gasteiger partial charge on any atom is -0.370 e. The molecule has 19 heavy (non-hydrogen) atoms. The second kappa shape index (κ2) is 7.51. The van der Waals surface area contributed by atoms with Crippen molar-refractivity contribution in [2.75, 3.05) is 6.54 Å². The van der Waals surface area contributed by atoms with Crippen LogP contribution in [-0.2, 0) is 12.7 Å². The van der Waals surface area contributed by atoms with E-state index < -0.39 is 17.6 Å². The predicted molar refractivity (Wildman–Crippen MR) is 75.8 cm³/mol. The van der Waals surface area contributed by atoms with Crippen LogP contribution in [0.15, 0.2) is 23.2 Å². The molecule has 1 aromatic rings. The van der Waals surface area contributed by atoms with Crippen LogP contribution in [0.1, 0.15) is 18.1 Å². The third-order valence-electron chi connectivity index (χ3n) is 2.15. The van der Waals surface area contributed by atoms with E-state index in [1.54, 1.807) is 6.92 Å². The van der Waals surface area contributed by atoms with E-state index in [1.807, 2.05) is 0 Å². The first-order valence-corrected chi connectivity index (χ1v) is 5.24. The van der Waals surface area contributed by atoms with E-state index >= 15 is 0 Å². The normalized spacial score (nSPS) is 11.9. The maximum Gasteiger partial charge on any atom is 0.416 e. The summed E-state index contributed by atoms with van der Waals surface area (Å²) in [5.74, 6) is -0.885. The molecule has 0 bridgehead atoms. The third kappa shape index (κ3) is 5.62. The predicted octanol–water partition coefficient (Wildman–Crippen LogP) is 2.89. The van der Waals surface area contributed by atoms with Gasteiger partial charge in [0.05, 0.1) is 12.1 Å². The van der Waals surface area contributed by atoms with Gasteiger partial charge >= 0.3 is 6.18 Å². The topological polar surface area (TPSA) is 50.4 Å². The van der Waals surface area contributed by atoms with E-state index in [1.165, 1.54) is 0 Å². The number of alkyl halides is 3. The summed E-state index contributed by atoms with van der Waals surface area (Å²) in [6.45, 7) is 2.04. The highest BCUT2D eigenvalue weighted by Gasteiger charge is 2.33. The Bertz CT molecular complexity index is 446. The fourth-order valence-corrected chi connectivity index (χ4v) is 1.36. The van der Waals surface area contributed by atoms with E-state index in [2.05, 4.69) is 10.3 Å². The van der Waals surface area contributed by atoms with Gasteiger partial charge in [-0.3, -0.25) is 0 Å². The second-order valence-electron chi connectivity index (χ2n) is 3.53. The van der Waals surface area contributed by atoms with E-state index in [0.717, 1.165) is 12.1 Å². The molecule has 0 saturated heterocycles. The first-order valence-electron chi connectivity index (χ1n) is 5.24. The Labute approximate surface area is 125 Å². The number of hydrogen-bond donors (Lipinski definition) is 2. The lowest BCUT2D eigenvalue weighted by atomic mass is 10.1. The summed E-state index contributed by atoms with van der Waals surface area (Å²) in [7, 11) is 0. The van der Waals surface area contributed by atoms with Gasteiger partial charge < -0.3 is 11.1 Å². The number of aliphatic imine (C=N–C) groups is 1. The van der Waals surface area contributed by atoms with Gasteiger partial charge in [-0.1, -0.05) is 6.07 Å². The minimum atomic E-state index is -4.61. The minimum absolute atomic E-state index is 0. The third-order valence-corrected chi connectivity index (χ3v) is 2.15. The Hall–Kier alpha value is -1.06. The molecule has 3 nitrogen and oxygen atoms in total. The average molecular weight is 391 g/mol. The Morgan fingerprint density at radius 1 is 1.37 bits per heavy atom. The summed E-state index contributed by atoms with van der Waals surface area (Å²) in [6, 6.07) is 2.47. The summed E-state index contributed by atoms with van der Waals surface area (Å²) < 4.78 is 50.7. The van der Waals surface area contributed by atoms with Crippen LogP contribution in [0.25, 0.3) is 0 Å². The van der Waals surface area contributed by atoms with Crippen molar-refractivity contribution in [3.05, 3.63) is 35.1 Å². The molecule has 0 amide bonds. The van der Waals surface area contributed by atoms with Gasteiger partial charge in [0.1, 0.15) is 5.82 Å². The first kappa shape index (κ1) is 17.9. The van der Waals surface area contributed by atoms with Crippen LogP contribution in [0, 0.1) is 5.82 Å². The lowest BCUT2D eigenvalue weighted by Crippen LogP contribution is -2.31. The van der Waals surface area contributed by atoms with Crippen LogP contribution in [-0.4, -0.2) is 12.5 Å². The number of guanidine groups is 1. The number of halogens is 5. The largest absolute Gasteiger partial charge is 0.416 e. The van der Waals surface area contributed by atoms with Crippen molar-refractivity contribution in [3.8, 4) is 0 Å². The smallest absolute Gasteiger partial charge is 0.370 e. The fraction of sp³-hybridized carbons (Fsp3) is 0.364. The maximum absolute atomic E-state index is 12.8. The number of nitrogens with zero attached hydrogens (tertiary/aromatic N) is 1. The molecular formula is C11H14F4IN3. The quantitative estimate of drug-likeness (QED) is 0.361. The zero-order chi connectivity index (χ0) is 13.8. The molecule has 0 aromatic heterocycles. The molecular weight excluding hydrogens is 377 g/mol. The molecule has 108 valence electrons. The highest BCUT2D eigenvalue weighted by atomic mass is 127. The van der Waals surface area contributed by atoms with E-state index in [9.17, 15) is 17.6 Å². The molecule has 0 atom stereocenters. The highest BCUT2D eigenvalue weighted by molar-refractivity contribution is 14.0. The lowest BCUT2D eigenvalue weighted by Gasteiger charge is -2.11. The molecule has 0 aliphatic carbocycles. The van der Waals surface area contributed by atoms with Crippen molar-refractivity contribution in [1.82, 2.24) is 5.32 Å². The monoisotopic (exact) mass is 391 g/mol. The van der Waals surface area contributed by atoms with Crippen molar-refractivity contribution in [2.45, 2.75) is 19.6 Å². The summed E-state index contributed by atoms with van der Waals surface area (Å²) in [5.41, 5.74) is 4.25. The Morgan fingerprint density at radius 2 is 2.00 bits per heavy atom. The van der Waals surface area contributed by atoms with E-state index in [-0.39, 0.29) is 42.0 Å². The molecule has 8 heteroatoms. The van der Waals surface area contributed by atoms with Crippen LogP contribution < -0.4 is 11.1 Å². The van der Waals surface area contributed by atoms with Gasteiger partial charge in [0.25, 0.3) is 0 Å². The maximum atomic E-state index is 12.8. The lowest BCUT2D eigenvalue weighted by molar-refractivity contribution is -0.138. The molecule has 0 aliphatic heterocycles. The standard InChI is InChI=1S/C11H13F4N3.HI/c1-2-17-10(16)18-6-7-3-4-8(12)5-9(7)11(13,14)15;/h3-5H,2,6H2,1H3,(H3,16,17,18);1H. The van der Waals surface area contributed by atoms with Crippen molar-refractivity contribution >= 4 is 29.9 Å². The van der Waals surface area contributed by atoms with Gasteiger partial charge in [-0.25, -0.2) is 9.38 Å². The zero-order valence-corrected chi connectivity index (χ0v) is 12.4. The van der Waals surface area contributed by atoms with Crippen LogP contribution >= 0.6 is 24.0 Å². The fourth-order valence-electron chi connectivity index (χ4n) is 1.36. The highest BCUT2D eigenvalue weighted by Crippen LogP contribution is 2.32. The Balaban J connectivity index is 0.00000324. The number of nitrogens with one attached hydrogen (secondary N) is 1. The summed E-state index contributed by atoms with van der Waals surface area (Å²) in [4.78, 5) is 3.75. The second-order valence-corrected chi connectivity index (χ2v) is 3.53. The molecule has 0 aliphatic rings. The van der Waals surface area contributed by atoms with Crippen molar-refractivity contribution in [2.24, 2.45) is 10.7 Å². The summed E-state index contributed by atoms with van der Waals surface area (Å²) in [5, 5.41) is 2.66. The van der Waals surface area contributed by atoms with Gasteiger partial charge in [-0.05, 0) is 24.6 Å². The number of hydrogen-bond acceptors (Lipinski definition) is 1. The van der Waals surface area contributed by atoms with Gasteiger partial charge in [-0.2, -0.15) is 13.2 Å². The van der Waals surface area contributed by atoms with E-state index in [0.29, 0.717) is 12.6 Å². The van der Waals surface area contributed by atoms with Crippen LogP contribution in [0.3, 0.4) is 0 Å². The number of nitrogens with two attached hydrogens (primary N) is 1. The molecule has 0 spiro atoms. The van der Waals surface area contributed by atoms with Gasteiger partial charge in [0, 0.05) is 6.54 Å². The molecule has 0 fully saturated rings. The molecule has 0 saturated carbocycles. The molecule has 1 aromatic carbocycles. The van der Waals surface area contributed by atoms with Crippen molar-refractivity contribution < 1.29 is 17.6 Å². The van der Waals surface area contributed by atoms with E-state index in [4.69, 9.17) is 5.73 Å². The van der Waals surface area contributed by atoms with Crippen molar-refractivity contribution in [1.29, 1.82) is 0 Å². The first-order chi connectivity index (χ1) is 8.34. The van der Waals surface area contributed by atoms with Crippen LogP contribution in [0.5, 0.6) is 0 Å². The van der Waals surface area contributed by atoms with Crippen LogP contribution in [0.2, 0.25) is 0 Å². The van der Waals surface area contributed by atoms with Crippen molar-refractivity contribution in [3.63, 3.8) is 0 Å². The van der Waals surface area contributed by atoms with Gasteiger partial charge in [0.15, 0.2) is 5.96 Å². The average Bonchev–Trinajstić information content (AvgIpc) is 2.26. The zero-order valence-electron chi connectivity index (χ0n) is 10.1. The molecule has 1 rings (SSSR count). The van der Waals surface area contributed by atoms with Crippen LogP contribution in [0.4, 0.5) is 17.6 Å². The number of rotatable bonds is 3. The summed E-state index contributed by atoms with van der Waals surface area (Å²) in [6.07, 6.45) is -4.61. The number of benzene rings is 1. The molecule has 0 heterocycles. The Morgan fingerprint density at radius 3 is 2.53 bits per heavy atom. The Kier molecular flexibility index (Phi) is 7.09. The van der Waals surface area contributed by atoms with Gasteiger partial charge in [-0.15, -0.1) is 24.0 Å². The SMILES string of the molecule is CCNC(N)=NCc1ccc(F)cc1C(F)(F)F.I.